The zero-order chi connectivity index (χ0) is 19.9. The second kappa shape index (κ2) is 9.09. The van der Waals surface area contributed by atoms with Gasteiger partial charge >= 0.3 is 12.0 Å². The van der Waals surface area contributed by atoms with Crippen molar-refractivity contribution in [1.29, 1.82) is 0 Å². The minimum absolute atomic E-state index is 0.202. The molecule has 2 aromatic carbocycles. The van der Waals surface area contributed by atoms with Gasteiger partial charge in [0.1, 0.15) is 0 Å². The Labute approximate surface area is 162 Å². The Balaban J connectivity index is 1.61. The molecule has 0 aliphatic carbocycles. The molecule has 8 heteroatoms. The zero-order valence-corrected chi connectivity index (χ0v) is 15.5. The molecule has 1 aliphatic heterocycles. The van der Waals surface area contributed by atoms with Gasteiger partial charge in [-0.3, -0.25) is 0 Å². The van der Waals surface area contributed by atoms with Crippen molar-refractivity contribution in [2.24, 2.45) is 0 Å². The summed E-state index contributed by atoms with van der Waals surface area (Å²) in [5.41, 5.74) is 1.94. The van der Waals surface area contributed by atoms with Crippen molar-refractivity contribution in [2.45, 2.75) is 13.1 Å². The summed E-state index contributed by atoms with van der Waals surface area (Å²) in [6.45, 7) is 1.72. The second-order valence-electron chi connectivity index (χ2n) is 6.26. The minimum atomic E-state index is -0.981. The highest BCUT2D eigenvalue weighted by Gasteiger charge is 2.17. The fourth-order valence-corrected chi connectivity index (χ4v) is 2.77. The third-order valence-corrected chi connectivity index (χ3v) is 4.31. The second-order valence-corrected chi connectivity index (χ2v) is 6.26. The lowest BCUT2D eigenvalue weighted by Gasteiger charge is -2.23. The average molecular weight is 386 g/mol. The summed E-state index contributed by atoms with van der Waals surface area (Å²) in [4.78, 5) is 25.2. The summed E-state index contributed by atoms with van der Waals surface area (Å²) in [7, 11) is 1.58. The van der Waals surface area contributed by atoms with Crippen LogP contribution in [0, 0.1) is 0 Å². The molecule has 28 heavy (non-hydrogen) atoms. The molecule has 0 saturated heterocycles. The SMILES string of the molecule is COCCN(Cc1ccc2c(c1)OCO2)C(=O)NCc1ccc(C(=O)O)cc1. The third kappa shape index (κ3) is 4.92. The van der Waals surface area contributed by atoms with Gasteiger partial charge in [0.05, 0.1) is 12.2 Å². The van der Waals surface area contributed by atoms with Crippen molar-refractivity contribution in [3.8, 4) is 11.5 Å². The zero-order valence-electron chi connectivity index (χ0n) is 15.5. The van der Waals surface area contributed by atoms with Gasteiger partial charge in [-0.05, 0) is 35.4 Å². The number of carbonyl (C=O) groups excluding carboxylic acids is 1. The van der Waals surface area contributed by atoms with E-state index in [0.717, 1.165) is 11.1 Å². The van der Waals surface area contributed by atoms with Crippen molar-refractivity contribution < 1.29 is 28.9 Å². The van der Waals surface area contributed by atoms with Gasteiger partial charge in [0.15, 0.2) is 11.5 Å². The number of methoxy groups -OCH3 is 1. The first kappa shape index (κ1) is 19.5. The Morgan fingerprint density at radius 1 is 1.11 bits per heavy atom. The van der Waals surface area contributed by atoms with Crippen LogP contribution in [0.1, 0.15) is 21.5 Å². The molecule has 3 rings (SSSR count). The van der Waals surface area contributed by atoms with Crippen molar-refractivity contribution >= 4 is 12.0 Å². The van der Waals surface area contributed by atoms with Crippen LogP contribution in [-0.2, 0) is 17.8 Å². The Bertz CT molecular complexity index is 837. The van der Waals surface area contributed by atoms with Crippen molar-refractivity contribution in [1.82, 2.24) is 10.2 Å². The first-order chi connectivity index (χ1) is 13.6. The Morgan fingerprint density at radius 3 is 2.54 bits per heavy atom. The summed E-state index contributed by atoms with van der Waals surface area (Å²) < 4.78 is 15.8. The molecule has 0 spiro atoms. The molecule has 0 fully saturated rings. The van der Waals surface area contributed by atoms with E-state index in [9.17, 15) is 9.59 Å². The fraction of sp³-hybridized carbons (Fsp3) is 0.300. The van der Waals surface area contributed by atoms with Crippen LogP contribution in [0.2, 0.25) is 0 Å². The largest absolute Gasteiger partial charge is 0.478 e. The highest BCUT2D eigenvalue weighted by Crippen LogP contribution is 2.32. The number of urea groups is 1. The predicted octanol–water partition coefficient (Wildman–Crippen LogP) is 2.47. The van der Waals surface area contributed by atoms with Crippen LogP contribution < -0.4 is 14.8 Å². The highest BCUT2D eigenvalue weighted by molar-refractivity contribution is 5.87. The van der Waals surface area contributed by atoms with E-state index < -0.39 is 5.97 Å². The Kier molecular flexibility index (Phi) is 6.33. The van der Waals surface area contributed by atoms with E-state index in [1.165, 1.54) is 12.1 Å². The summed E-state index contributed by atoms with van der Waals surface area (Å²) in [6.07, 6.45) is 0. The molecule has 2 amide bonds. The van der Waals surface area contributed by atoms with Gasteiger partial charge in [-0.15, -0.1) is 0 Å². The van der Waals surface area contributed by atoms with Gasteiger partial charge in [0.25, 0.3) is 0 Å². The number of amides is 2. The van der Waals surface area contributed by atoms with E-state index in [1.807, 2.05) is 18.2 Å². The lowest BCUT2D eigenvalue weighted by molar-refractivity contribution is 0.0697. The number of ether oxygens (including phenoxy) is 3. The topological polar surface area (TPSA) is 97.3 Å². The molecule has 0 unspecified atom stereocenters. The third-order valence-electron chi connectivity index (χ3n) is 4.31. The minimum Gasteiger partial charge on any atom is -0.478 e. The summed E-state index contributed by atoms with van der Waals surface area (Å²) >= 11 is 0. The number of hydrogen-bond acceptors (Lipinski definition) is 5. The number of fused-ring (bicyclic) bond motifs is 1. The normalized spacial score (nSPS) is 11.9. The molecule has 0 radical (unpaired) electrons. The van der Waals surface area contributed by atoms with Gasteiger partial charge in [-0.1, -0.05) is 18.2 Å². The molecule has 2 aromatic rings. The lowest BCUT2D eigenvalue weighted by Crippen LogP contribution is -2.40. The number of benzene rings is 2. The molecule has 148 valence electrons. The predicted molar refractivity (Wildman–Crippen MR) is 100 cm³/mol. The number of rotatable bonds is 8. The number of carbonyl (C=O) groups is 2. The monoisotopic (exact) mass is 386 g/mol. The molecule has 0 atom stereocenters. The van der Waals surface area contributed by atoms with Crippen LogP contribution in [0.5, 0.6) is 11.5 Å². The van der Waals surface area contributed by atoms with E-state index in [1.54, 1.807) is 24.1 Å². The van der Waals surface area contributed by atoms with Crippen molar-refractivity contribution in [3.05, 3.63) is 59.2 Å². The van der Waals surface area contributed by atoms with Crippen LogP contribution in [0.3, 0.4) is 0 Å². The lowest BCUT2D eigenvalue weighted by atomic mass is 10.1. The quantitative estimate of drug-likeness (QED) is 0.723. The number of hydrogen-bond donors (Lipinski definition) is 2. The van der Waals surface area contributed by atoms with Gasteiger partial charge in [-0.2, -0.15) is 0 Å². The van der Waals surface area contributed by atoms with E-state index in [0.29, 0.717) is 37.7 Å². The molecule has 2 N–H and O–H groups in total. The van der Waals surface area contributed by atoms with Crippen molar-refractivity contribution in [2.75, 3.05) is 27.1 Å². The first-order valence-electron chi connectivity index (χ1n) is 8.79. The Hall–Kier alpha value is -3.26. The van der Waals surface area contributed by atoms with Crippen LogP contribution in [0.4, 0.5) is 4.79 Å². The number of carboxylic acids is 1. The number of aromatic carboxylic acids is 1. The average Bonchev–Trinajstić information content (AvgIpc) is 3.17. The molecule has 0 bridgehead atoms. The smallest absolute Gasteiger partial charge is 0.335 e. The molecular formula is C20H22N2O6. The summed E-state index contributed by atoms with van der Waals surface area (Å²) in [5.74, 6) is 0.384. The van der Waals surface area contributed by atoms with Gasteiger partial charge in [0.2, 0.25) is 6.79 Å². The van der Waals surface area contributed by atoms with E-state index in [2.05, 4.69) is 5.32 Å². The summed E-state index contributed by atoms with van der Waals surface area (Å²) in [6, 6.07) is 11.7. The summed E-state index contributed by atoms with van der Waals surface area (Å²) in [5, 5.41) is 11.8. The molecule has 8 nitrogen and oxygen atoms in total. The fourth-order valence-electron chi connectivity index (χ4n) is 2.77. The highest BCUT2D eigenvalue weighted by atomic mass is 16.7. The van der Waals surface area contributed by atoms with Crippen LogP contribution in [0.25, 0.3) is 0 Å². The number of carboxylic acid groups (broad SMARTS) is 1. The van der Waals surface area contributed by atoms with E-state index in [-0.39, 0.29) is 18.4 Å². The van der Waals surface area contributed by atoms with Crippen LogP contribution in [-0.4, -0.2) is 49.1 Å². The number of nitrogens with zero attached hydrogens (tertiary/aromatic N) is 1. The first-order valence-corrected chi connectivity index (χ1v) is 8.79. The maximum absolute atomic E-state index is 12.6. The standard InChI is InChI=1S/C20H22N2O6/c1-26-9-8-22(12-15-4-7-17-18(10-15)28-13-27-17)20(25)21-11-14-2-5-16(6-3-14)19(23)24/h2-7,10H,8-9,11-13H2,1H3,(H,21,25)(H,23,24). The van der Waals surface area contributed by atoms with Crippen LogP contribution in [0.15, 0.2) is 42.5 Å². The van der Waals surface area contributed by atoms with Crippen LogP contribution >= 0.6 is 0 Å². The van der Waals surface area contributed by atoms with Gasteiger partial charge in [-0.25, -0.2) is 9.59 Å². The molecule has 1 heterocycles. The van der Waals surface area contributed by atoms with Crippen molar-refractivity contribution in [3.63, 3.8) is 0 Å². The molecule has 0 aromatic heterocycles. The molecule has 1 aliphatic rings. The maximum atomic E-state index is 12.6. The van der Waals surface area contributed by atoms with Gasteiger partial charge in [0, 0.05) is 26.7 Å². The molecule has 0 saturated carbocycles. The Morgan fingerprint density at radius 2 is 1.82 bits per heavy atom. The maximum Gasteiger partial charge on any atom is 0.335 e. The van der Waals surface area contributed by atoms with E-state index >= 15 is 0 Å². The number of nitrogens with one attached hydrogen (secondary N) is 1. The van der Waals surface area contributed by atoms with E-state index in [4.69, 9.17) is 19.3 Å². The molecular weight excluding hydrogens is 364 g/mol. The van der Waals surface area contributed by atoms with Gasteiger partial charge < -0.3 is 29.5 Å².